The summed E-state index contributed by atoms with van der Waals surface area (Å²) in [7, 11) is -2.11. The normalized spacial score (nSPS) is 13.9. The summed E-state index contributed by atoms with van der Waals surface area (Å²) < 4.78 is 32.7. The zero-order valence-corrected chi connectivity index (χ0v) is 15.9. The Bertz CT molecular complexity index is 984. The van der Waals surface area contributed by atoms with Crippen molar-refractivity contribution in [1.29, 1.82) is 0 Å². The lowest BCUT2D eigenvalue weighted by molar-refractivity contribution is -0.118. The number of carbonyl (C=O) groups is 2. The molecule has 0 unspecified atom stereocenters. The molecule has 2 aromatic rings. The van der Waals surface area contributed by atoms with Gasteiger partial charge in [-0.15, -0.1) is 0 Å². The van der Waals surface area contributed by atoms with Crippen LogP contribution in [0.1, 0.15) is 29.3 Å². The van der Waals surface area contributed by atoms with E-state index in [0.717, 1.165) is 11.3 Å². The van der Waals surface area contributed by atoms with Crippen LogP contribution in [0.2, 0.25) is 0 Å². The van der Waals surface area contributed by atoms with Crippen molar-refractivity contribution in [3.8, 4) is 0 Å². The maximum absolute atomic E-state index is 12.7. The summed E-state index contributed by atoms with van der Waals surface area (Å²) in [6.07, 6.45) is 0.867. The quantitative estimate of drug-likeness (QED) is 0.795. The highest BCUT2D eigenvalue weighted by Crippen LogP contribution is 2.29. The van der Waals surface area contributed by atoms with E-state index in [0.29, 0.717) is 24.1 Å². The molecule has 0 aliphatic carbocycles. The van der Waals surface area contributed by atoms with Gasteiger partial charge in [0.2, 0.25) is 5.91 Å². The van der Waals surface area contributed by atoms with E-state index in [4.69, 9.17) is 4.74 Å². The highest BCUT2D eigenvalue weighted by molar-refractivity contribution is 7.92. The van der Waals surface area contributed by atoms with Crippen LogP contribution in [0.15, 0.2) is 47.4 Å². The monoisotopic (exact) mass is 388 g/mol. The third kappa shape index (κ3) is 3.95. The molecule has 0 radical (unpaired) electrons. The number of benzene rings is 2. The number of rotatable bonds is 5. The number of ether oxygens (including phenoxy) is 1. The highest BCUT2D eigenvalue weighted by Gasteiger charge is 2.23. The van der Waals surface area contributed by atoms with E-state index in [1.165, 1.54) is 35.2 Å². The number of aryl methyl sites for hydroxylation is 1. The molecule has 0 fully saturated rings. The number of nitrogens with zero attached hydrogens (tertiary/aromatic N) is 1. The van der Waals surface area contributed by atoms with E-state index in [9.17, 15) is 18.0 Å². The minimum absolute atomic E-state index is 0.0120. The first kappa shape index (κ1) is 18.9. The molecule has 1 amide bonds. The molecule has 0 spiro atoms. The molecule has 142 valence electrons. The molecule has 1 N–H and O–H groups in total. The molecule has 0 aromatic heterocycles. The average Bonchev–Trinajstić information content (AvgIpc) is 2.65. The molecule has 27 heavy (non-hydrogen) atoms. The summed E-state index contributed by atoms with van der Waals surface area (Å²) in [6.45, 7) is 1.99. The molecule has 0 saturated carbocycles. The number of hydrogen-bond donors (Lipinski definition) is 1. The van der Waals surface area contributed by atoms with Crippen molar-refractivity contribution < 1.29 is 22.7 Å². The molecule has 0 bridgehead atoms. The van der Waals surface area contributed by atoms with Crippen molar-refractivity contribution >= 4 is 33.3 Å². The molecule has 1 aliphatic heterocycles. The summed E-state index contributed by atoms with van der Waals surface area (Å²) in [5, 5.41) is 0. The second kappa shape index (κ2) is 7.40. The fraction of sp³-hybridized carbons (Fsp3) is 0.263. The third-order valence-corrected chi connectivity index (χ3v) is 5.73. The van der Waals surface area contributed by atoms with E-state index < -0.39 is 16.0 Å². The SMILES string of the molecule is CCOC(=O)c1ccc(NS(=O)(=O)c2ccc3c(c2)CCC(=O)N3C)cc1. The fourth-order valence-corrected chi connectivity index (χ4v) is 4.01. The number of amides is 1. The van der Waals surface area contributed by atoms with Crippen molar-refractivity contribution in [1.82, 2.24) is 0 Å². The van der Waals surface area contributed by atoms with Crippen molar-refractivity contribution in [2.45, 2.75) is 24.7 Å². The van der Waals surface area contributed by atoms with Crippen LogP contribution >= 0.6 is 0 Å². The first-order chi connectivity index (χ1) is 12.8. The lowest BCUT2D eigenvalue weighted by atomic mass is 10.0. The number of hydrogen-bond acceptors (Lipinski definition) is 5. The molecule has 2 aromatic carbocycles. The van der Waals surface area contributed by atoms with Crippen molar-refractivity contribution in [3.05, 3.63) is 53.6 Å². The number of anilines is 2. The number of sulfonamides is 1. The number of esters is 1. The first-order valence-corrected chi connectivity index (χ1v) is 9.99. The van der Waals surface area contributed by atoms with Gasteiger partial charge in [0.15, 0.2) is 0 Å². The van der Waals surface area contributed by atoms with Gasteiger partial charge in [0.05, 0.1) is 17.1 Å². The van der Waals surface area contributed by atoms with E-state index >= 15 is 0 Å². The lowest BCUT2D eigenvalue weighted by Gasteiger charge is -2.26. The number of fused-ring (bicyclic) bond motifs is 1. The molecule has 7 nitrogen and oxygen atoms in total. The van der Waals surface area contributed by atoms with Crippen LogP contribution in [0.4, 0.5) is 11.4 Å². The zero-order valence-electron chi connectivity index (χ0n) is 15.1. The minimum Gasteiger partial charge on any atom is -0.462 e. The summed E-state index contributed by atoms with van der Waals surface area (Å²) in [5.41, 5.74) is 2.23. The smallest absolute Gasteiger partial charge is 0.338 e. The molecule has 1 aliphatic rings. The largest absolute Gasteiger partial charge is 0.462 e. The van der Waals surface area contributed by atoms with Gasteiger partial charge in [-0.25, -0.2) is 13.2 Å². The standard InChI is InChI=1S/C19H20N2O5S/c1-3-26-19(23)13-4-7-15(8-5-13)20-27(24,25)16-9-10-17-14(12-16)6-11-18(22)21(17)2/h4-5,7-10,12,20H,3,6,11H2,1-2H3. The summed E-state index contributed by atoms with van der Waals surface area (Å²) >= 11 is 0. The van der Waals surface area contributed by atoms with Gasteiger partial charge >= 0.3 is 5.97 Å². The maximum atomic E-state index is 12.7. The van der Waals surface area contributed by atoms with E-state index in [-0.39, 0.29) is 17.4 Å². The second-order valence-electron chi connectivity index (χ2n) is 6.15. The lowest BCUT2D eigenvalue weighted by Crippen LogP contribution is -2.31. The maximum Gasteiger partial charge on any atom is 0.338 e. The summed E-state index contributed by atoms with van der Waals surface area (Å²) in [6, 6.07) is 10.7. The van der Waals surface area contributed by atoms with E-state index in [2.05, 4.69) is 4.72 Å². The van der Waals surface area contributed by atoms with Crippen LogP contribution in [-0.2, 0) is 26.0 Å². The Morgan fingerprint density at radius 1 is 1.15 bits per heavy atom. The second-order valence-corrected chi connectivity index (χ2v) is 7.83. The van der Waals surface area contributed by atoms with Crippen LogP contribution in [0.3, 0.4) is 0 Å². The van der Waals surface area contributed by atoms with E-state index in [1.54, 1.807) is 26.1 Å². The Morgan fingerprint density at radius 2 is 1.85 bits per heavy atom. The summed E-state index contributed by atoms with van der Waals surface area (Å²) in [4.78, 5) is 25.1. The average molecular weight is 388 g/mol. The molecular weight excluding hydrogens is 368 g/mol. The zero-order chi connectivity index (χ0) is 19.6. The van der Waals surface area contributed by atoms with Crippen LogP contribution in [0.25, 0.3) is 0 Å². The number of nitrogens with one attached hydrogen (secondary N) is 1. The molecule has 0 atom stereocenters. The van der Waals surface area contributed by atoms with Gasteiger partial charge in [0.25, 0.3) is 10.0 Å². The molecular formula is C19H20N2O5S. The van der Waals surface area contributed by atoms with Crippen LogP contribution in [0.5, 0.6) is 0 Å². The van der Waals surface area contributed by atoms with Gasteiger partial charge in [-0.1, -0.05) is 0 Å². The summed E-state index contributed by atoms with van der Waals surface area (Å²) in [5.74, 6) is -0.446. The Labute approximate surface area is 158 Å². The van der Waals surface area contributed by atoms with Gasteiger partial charge in [0.1, 0.15) is 0 Å². The van der Waals surface area contributed by atoms with Crippen molar-refractivity contribution in [2.24, 2.45) is 0 Å². The fourth-order valence-electron chi connectivity index (χ4n) is 2.90. The molecule has 1 heterocycles. The Morgan fingerprint density at radius 3 is 2.52 bits per heavy atom. The Balaban J connectivity index is 1.81. The van der Waals surface area contributed by atoms with Gasteiger partial charge in [-0.2, -0.15) is 0 Å². The van der Waals surface area contributed by atoms with E-state index in [1.807, 2.05) is 0 Å². The Hall–Kier alpha value is -2.87. The van der Waals surface area contributed by atoms with Gasteiger partial charge in [0, 0.05) is 24.8 Å². The third-order valence-electron chi connectivity index (χ3n) is 4.35. The Kier molecular flexibility index (Phi) is 5.18. The van der Waals surface area contributed by atoms with Crippen LogP contribution < -0.4 is 9.62 Å². The van der Waals surface area contributed by atoms with Gasteiger partial charge in [-0.3, -0.25) is 9.52 Å². The first-order valence-electron chi connectivity index (χ1n) is 8.51. The van der Waals surface area contributed by atoms with Gasteiger partial charge in [-0.05, 0) is 61.4 Å². The molecule has 3 rings (SSSR count). The van der Waals surface area contributed by atoms with Crippen LogP contribution in [0, 0.1) is 0 Å². The predicted octanol–water partition coefficient (Wildman–Crippen LogP) is 2.57. The highest BCUT2D eigenvalue weighted by atomic mass is 32.2. The molecule has 0 saturated heterocycles. The number of carbonyl (C=O) groups excluding carboxylic acids is 2. The van der Waals surface area contributed by atoms with Gasteiger partial charge < -0.3 is 9.64 Å². The van der Waals surface area contributed by atoms with Crippen molar-refractivity contribution in [3.63, 3.8) is 0 Å². The molecule has 8 heteroatoms. The topological polar surface area (TPSA) is 92.8 Å². The van der Waals surface area contributed by atoms with Crippen LogP contribution in [-0.4, -0.2) is 33.9 Å². The predicted molar refractivity (Wildman–Crippen MR) is 101 cm³/mol. The van der Waals surface area contributed by atoms with Crippen molar-refractivity contribution in [2.75, 3.05) is 23.3 Å². The minimum atomic E-state index is -3.79.